The van der Waals surface area contributed by atoms with Crippen molar-refractivity contribution in [1.29, 1.82) is 0 Å². The lowest BCUT2D eigenvalue weighted by atomic mass is 10.3. The number of amides is 2. The third kappa shape index (κ3) is 1.35. The van der Waals surface area contributed by atoms with Crippen LogP contribution in [0.1, 0.15) is 12.8 Å². The second kappa shape index (κ2) is 3.10. The van der Waals surface area contributed by atoms with Gasteiger partial charge in [0.15, 0.2) is 0 Å². The molecule has 13 heavy (non-hydrogen) atoms. The van der Waals surface area contributed by atoms with Crippen molar-refractivity contribution < 1.29 is 9.59 Å². The Hall–Kier alpha value is -0.900. The maximum atomic E-state index is 11.4. The number of nitrogens with zero attached hydrogens (tertiary/aromatic N) is 1. The van der Waals surface area contributed by atoms with E-state index in [2.05, 4.69) is 5.32 Å². The maximum absolute atomic E-state index is 11.4. The van der Waals surface area contributed by atoms with Crippen molar-refractivity contribution in [2.75, 3.05) is 20.1 Å². The Kier molecular flexibility index (Phi) is 2.07. The minimum absolute atomic E-state index is 0.0575. The van der Waals surface area contributed by atoms with Crippen LogP contribution in [0.3, 0.4) is 0 Å². The average Bonchev–Trinajstić information content (AvgIpc) is 2.85. The first kappa shape index (κ1) is 8.69. The number of carbonyl (C=O) groups is 2. The maximum Gasteiger partial charge on any atom is 0.233 e. The van der Waals surface area contributed by atoms with Gasteiger partial charge in [-0.1, -0.05) is 0 Å². The fraction of sp³-hybridized carbons (Fsp3) is 0.778. The lowest BCUT2D eigenvalue weighted by Gasteiger charge is -2.15. The Labute approximate surface area is 77.3 Å². The molecular formula is C9H14N2O2. The molecule has 1 saturated heterocycles. The standard InChI is InChI=1S/C9H14N2O2/c1-10-3-2-4-11-8(12)6-5-7(6)9(11)13/h6-7,10H,2-5H2,1H3. The molecule has 4 heteroatoms. The van der Waals surface area contributed by atoms with E-state index in [4.69, 9.17) is 0 Å². The molecule has 1 aliphatic carbocycles. The summed E-state index contributed by atoms with van der Waals surface area (Å²) in [7, 11) is 1.87. The van der Waals surface area contributed by atoms with E-state index in [9.17, 15) is 9.59 Å². The molecule has 2 aliphatic rings. The van der Waals surface area contributed by atoms with E-state index in [1.54, 1.807) is 0 Å². The van der Waals surface area contributed by atoms with Gasteiger partial charge < -0.3 is 5.32 Å². The number of imide groups is 1. The van der Waals surface area contributed by atoms with E-state index in [0.717, 1.165) is 19.4 Å². The Balaban J connectivity index is 1.86. The molecule has 0 aromatic rings. The van der Waals surface area contributed by atoms with Crippen LogP contribution in [0.2, 0.25) is 0 Å². The Morgan fingerprint density at radius 2 is 2.00 bits per heavy atom. The van der Waals surface area contributed by atoms with Crippen molar-refractivity contribution in [3.8, 4) is 0 Å². The number of carbonyl (C=O) groups excluding carboxylic acids is 2. The van der Waals surface area contributed by atoms with Gasteiger partial charge in [0, 0.05) is 6.54 Å². The van der Waals surface area contributed by atoms with Crippen LogP contribution in [0.25, 0.3) is 0 Å². The van der Waals surface area contributed by atoms with Crippen molar-refractivity contribution in [1.82, 2.24) is 10.2 Å². The van der Waals surface area contributed by atoms with E-state index in [1.165, 1.54) is 4.90 Å². The van der Waals surface area contributed by atoms with Crippen molar-refractivity contribution in [3.05, 3.63) is 0 Å². The van der Waals surface area contributed by atoms with Crippen LogP contribution in [-0.4, -0.2) is 36.9 Å². The highest BCUT2D eigenvalue weighted by molar-refractivity contribution is 6.08. The fourth-order valence-electron chi connectivity index (χ4n) is 1.88. The molecule has 2 fully saturated rings. The average molecular weight is 182 g/mol. The van der Waals surface area contributed by atoms with Gasteiger partial charge in [-0.05, 0) is 26.4 Å². The van der Waals surface area contributed by atoms with Gasteiger partial charge >= 0.3 is 0 Å². The Morgan fingerprint density at radius 3 is 2.54 bits per heavy atom. The molecular weight excluding hydrogens is 168 g/mol. The van der Waals surface area contributed by atoms with Gasteiger partial charge in [0.05, 0.1) is 11.8 Å². The van der Waals surface area contributed by atoms with Crippen LogP contribution in [-0.2, 0) is 9.59 Å². The number of piperidine rings is 1. The number of hydrogen-bond donors (Lipinski definition) is 1. The molecule has 2 atom stereocenters. The minimum Gasteiger partial charge on any atom is -0.320 e. The Bertz CT molecular complexity index is 232. The molecule has 2 amide bonds. The van der Waals surface area contributed by atoms with Crippen LogP contribution in [0.4, 0.5) is 0 Å². The SMILES string of the molecule is CNCCCN1C(=O)C2CC2C1=O. The first-order chi connectivity index (χ1) is 6.25. The van der Waals surface area contributed by atoms with Crippen LogP contribution >= 0.6 is 0 Å². The van der Waals surface area contributed by atoms with E-state index in [0.29, 0.717) is 6.54 Å². The third-order valence-electron chi connectivity index (χ3n) is 2.77. The molecule has 4 nitrogen and oxygen atoms in total. The van der Waals surface area contributed by atoms with Crippen molar-refractivity contribution in [2.24, 2.45) is 11.8 Å². The zero-order valence-electron chi connectivity index (χ0n) is 7.75. The van der Waals surface area contributed by atoms with Crippen LogP contribution in [0, 0.1) is 11.8 Å². The van der Waals surface area contributed by atoms with E-state index in [-0.39, 0.29) is 23.7 Å². The lowest BCUT2D eigenvalue weighted by molar-refractivity contribution is -0.141. The zero-order valence-corrected chi connectivity index (χ0v) is 7.75. The van der Waals surface area contributed by atoms with Gasteiger partial charge in [0.2, 0.25) is 11.8 Å². The molecule has 72 valence electrons. The Morgan fingerprint density at radius 1 is 1.38 bits per heavy atom. The second-order valence-corrected chi connectivity index (χ2v) is 3.73. The fourth-order valence-corrected chi connectivity index (χ4v) is 1.88. The molecule has 0 radical (unpaired) electrons. The van der Waals surface area contributed by atoms with Crippen LogP contribution < -0.4 is 5.32 Å². The quantitative estimate of drug-likeness (QED) is 0.475. The molecule has 1 saturated carbocycles. The van der Waals surface area contributed by atoms with E-state index >= 15 is 0 Å². The summed E-state index contributed by atoms with van der Waals surface area (Å²) in [6.07, 6.45) is 1.66. The number of rotatable bonds is 4. The van der Waals surface area contributed by atoms with Gasteiger partial charge in [0.1, 0.15) is 0 Å². The molecule has 2 unspecified atom stereocenters. The number of hydrogen-bond acceptors (Lipinski definition) is 3. The summed E-state index contributed by atoms with van der Waals surface area (Å²) < 4.78 is 0. The highest BCUT2D eigenvalue weighted by Gasteiger charge is 2.58. The zero-order chi connectivity index (χ0) is 9.42. The molecule has 1 N–H and O–H groups in total. The summed E-state index contributed by atoms with van der Waals surface area (Å²) in [5, 5.41) is 2.99. The summed E-state index contributed by atoms with van der Waals surface area (Å²) in [5.74, 6) is 0.237. The molecule has 0 aromatic heterocycles. The van der Waals surface area contributed by atoms with E-state index in [1.807, 2.05) is 7.05 Å². The molecule has 0 aromatic carbocycles. The summed E-state index contributed by atoms with van der Waals surface area (Å²) in [6.45, 7) is 1.44. The van der Waals surface area contributed by atoms with Crippen molar-refractivity contribution >= 4 is 11.8 Å². The summed E-state index contributed by atoms with van der Waals surface area (Å²) in [4.78, 5) is 24.3. The number of likely N-dealkylation sites (tertiary alicyclic amines) is 1. The highest BCUT2D eigenvalue weighted by Crippen LogP contribution is 2.46. The van der Waals surface area contributed by atoms with Gasteiger partial charge in [-0.25, -0.2) is 0 Å². The number of fused-ring (bicyclic) bond motifs is 1. The normalized spacial score (nSPS) is 31.0. The second-order valence-electron chi connectivity index (χ2n) is 3.73. The van der Waals surface area contributed by atoms with Gasteiger partial charge in [-0.15, -0.1) is 0 Å². The molecule has 0 spiro atoms. The number of nitrogens with one attached hydrogen (secondary N) is 1. The molecule has 1 aliphatic heterocycles. The summed E-state index contributed by atoms with van der Waals surface area (Å²) >= 11 is 0. The third-order valence-corrected chi connectivity index (χ3v) is 2.77. The smallest absolute Gasteiger partial charge is 0.233 e. The monoisotopic (exact) mass is 182 g/mol. The predicted molar refractivity (Wildman–Crippen MR) is 46.9 cm³/mol. The summed E-state index contributed by atoms with van der Waals surface area (Å²) in [6, 6.07) is 0. The van der Waals surface area contributed by atoms with Gasteiger partial charge in [0.25, 0.3) is 0 Å². The van der Waals surface area contributed by atoms with E-state index < -0.39 is 0 Å². The first-order valence-corrected chi connectivity index (χ1v) is 4.75. The van der Waals surface area contributed by atoms with Crippen LogP contribution in [0.5, 0.6) is 0 Å². The largest absolute Gasteiger partial charge is 0.320 e. The topological polar surface area (TPSA) is 49.4 Å². The molecule has 2 rings (SSSR count). The molecule has 0 bridgehead atoms. The highest BCUT2D eigenvalue weighted by atomic mass is 16.2. The first-order valence-electron chi connectivity index (χ1n) is 4.75. The predicted octanol–water partition coefficient (Wildman–Crippen LogP) is -0.399. The van der Waals surface area contributed by atoms with Crippen molar-refractivity contribution in [3.63, 3.8) is 0 Å². The summed E-state index contributed by atoms with van der Waals surface area (Å²) in [5.41, 5.74) is 0. The lowest BCUT2D eigenvalue weighted by Crippen LogP contribution is -2.34. The van der Waals surface area contributed by atoms with Crippen LogP contribution in [0.15, 0.2) is 0 Å². The van der Waals surface area contributed by atoms with Gasteiger partial charge in [-0.2, -0.15) is 0 Å². The molecule has 1 heterocycles. The minimum atomic E-state index is 0.0575. The van der Waals surface area contributed by atoms with Gasteiger partial charge in [-0.3, -0.25) is 14.5 Å². The van der Waals surface area contributed by atoms with Crippen molar-refractivity contribution in [2.45, 2.75) is 12.8 Å².